The lowest BCUT2D eigenvalue weighted by Gasteiger charge is -2.30. The van der Waals surface area contributed by atoms with Gasteiger partial charge in [0.15, 0.2) is 0 Å². The molecular weight excluding hydrogens is 202 g/mol. The highest BCUT2D eigenvalue weighted by Crippen LogP contribution is 2.12. The Bertz CT molecular complexity index is 214. The van der Waals surface area contributed by atoms with Crippen LogP contribution in [-0.2, 0) is 4.79 Å². The fourth-order valence-electron chi connectivity index (χ4n) is 2.28. The molecule has 0 aromatic rings. The van der Waals surface area contributed by atoms with Crippen LogP contribution in [0.3, 0.4) is 0 Å². The number of hydrogen-bond donors (Lipinski definition) is 1. The van der Waals surface area contributed by atoms with E-state index in [1.54, 1.807) is 0 Å². The lowest BCUT2D eigenvalue weighted by molar-refractivity contribution is -0.135. The minimum atomic E-state index is 0.00894. The molecule has 1 unspecified atom stereocenters. The number of rotatable bonds is 6. The van der Waals surface area contributed by atoms with Gasteiger partial charge in [0.1, 0.15) is 0 Å². The summed E-state index contributed by atoms with van der Waals surface area (Å²) in [6.45, 7) is 8.54. The Kier molecular flexibility index (Phi) is 5.77. The predicted molar refractivity (Wildman–Crippen MR) is 66.2 cm³/mol. The van der Waals surface area contributed by atoms with Crippen LogP contribution in [-0.4, -0.2) is 54.5 Å². The monoisotopic (exact) mass is 227 g/mol. The highest BCUT2D eigenvalue weighted by Gasteiger charge is 2.26. The maximum atomic E-state index is 12.2. The van der Waals surface area contributed by atoms with Gasteiger partial charge in [-0.15, -0.1) is 0 Å². The van der Waals surface area contributed by atoms with Crippen LogP contribution in [0.5, 0.6) is 0 Å². The van der Waals surface area contributed by atoms with Gasteiger partial charge in [0.05, 0.1) is 6.04 Å². The second-order valence-electron chi connectivity index (χ2n) is 4.48. The first-order valence-corrected chi connectivity index (χ1v) is 6.43. The fraction of sp³-hybridized carbons (Fsp3) is 0.917. The number of nitrogens with zero attached hydrogens (tertiary/aromatic N) is 2. The van der Waals surface area contributed by atoms with Crippen LogP contribution < -0.4 is 5.73 Å². The summed E-state index contributed by atoms with van der Waals surface area (Å²) in [5, 5.41) is 0. The molecule has 4 heteroatoms. The minimum Gasteiger partial charge on any atom is -0.341 e. The van der Waals surface area contributed by atoms with Crippen molar-refractivity contribution in [1.29, 1.82) is 0 Å². The Morgan fingerprint density at radius 1 is 1.44 bits per heavy atom. The summed E-state index contributed by atoms with van der Waals surface area (Å²) in [5.74, 6) is 0.288. The zero-order valence-corrected chi connectivity index (χ0v) is 10.6. The first-order chi connectivity index (χ1) is 7.70. The standard InChI is InChI=1S/C12H25N3O/c1-3-14(10-6-7-13)11(2)12(16)15-8-4-5-9-15/h11H,3-10,13H2,1-2H3. The maximum Gasteiger partial charge on any atom is 0.239 e. The zero-order chi connectivity index (χ0) is 12.0. The van der Waals surface area contributed by atoms with E-state index in [-0.39, 0.29) is 11.9 Å². The van der Waals surface area contributed by atoms with Crippen LogP contribution in [0.4, 0.5) is 0 Å². The van der Waals surface area contributed by atoms with Gasteiger partial charge in [-0.1, -0.05) is 6.92 Å². The van der Waals surface area contributed by atoms with Crippen molar-refractivity contribution in [3.8, 4) is 0 Å². The molecule has 4 nitrogen and oxygen atoms in total. The van der Waals surface area contributed by atoms with E-state index in [1.807, 2.05) is 11.8 Å². The van der Waals surface area contributed by atoms with Gasteiger partial charge in [-0.2, -0.15) is 0 Å². The number of nitrogens with two attached hydrogens (primary N) is 1. The molecule has 0 aromatic carbocycles. The molecule has 1 aliphatic rings. The number of hydrogen-bond acceptors (Lipinski definition) is 3. The number of likely N-dealkylation sites (N-methyl/N-ethyl adjacent to an activating group) is 1. The van der Waals surface area contributed by atoms with E-state index >= 15 is 0 Å². The highest BCUT2D eigenvalue weighted by atomic mass is 16.2. The van der Waals surface area contributed by atoms with Gasteiger partial charge in [-0.05, 0) is 39.3 Å². The van der Waals surface area contributed by atoms with Gasteiger partial charge in [-0.25, -0.2) is 0 Å². The van der Waals surface area contributed by atoms with Crippen LogP contribution in [0.1, 0.15) is 33.1 Å². The van der Waals surface area contributed by atoms with Crippen molar-refractivity contribution in [2.24, 2.45) is 5.73 Å². The smallest absolute Gasteiger partial charge is 0.239 e. The first kappa shape index (κ1) is 13.5. The van der Waals surface area contributed by atoms with Crippen molar-refractivity contribution in [2.75, 3.05) is 32.7 Å². The van der Waals surface area contributed by atoms with Gasteiger partial charge >= 0.3 is 0 Å². The Morgan fingerprint density at radius 3 is 2.56 bits per heavy atom. The first-order valence-electron chi connectivity index (χ1n) is 6.43. The molecular formula is C12H25N3O. The lowest BCUT2D eigenvalue weighted by Crippen LogP contribution is -2.46. The molecule has 1 aliphatic heterocycles. The Balaban J connectivity index is 2.45. The summed E-state index contributed by atoms with van der Waals surface area (Å²) in [5.41, 5.74) is 5.51. The predicted octanol–water partition coefficient (Wildman–Crippen LogP) is 0.668. The van der Waals surface area contributed by atoms with Crippen molar-refractivity contribution in [1.82, 2.24) is 9.80 Å². The van der Waals surface area contributed by atoms with Crippen LogP contribution in [0.2, 0.25) is 0 Å². The average Bonchev–Trinajstić information content (AvgIpc) is 2.82. The van der Waals surface area contributed by atoms with Crippen LogP contribution in [0, 0.1) is 0 Å². The summed E-state index contributed by atoms with van der Waals surface area (Å²) >= 11 is 0. The van der Waals surface area contributed by atoms with Crippen molar-refractivity contribution in [3.05, 3.63) is 0 Å². The van der Waals surface area contributed by atoms with Crippen molar-refractivity contribution >= 4 is 5.91 Å². The normalized spacial score (nSPS) is 18.1. The Labute approximate surface area is 98.8 Å². The summed E-state index contributed by atoms with van der Waals surface area (Å²) in [6, 6.07) is 0.00894. The van der Waals surface area contributed by atoms with Gasteiger partial charge in [0, 0.05) is 19.6 Å². The number of amides is 1. The molecule has 0 aromatic heterocycles. The maximum absolute atomic E-state index is 12.2. The third kappa shape index (κ3) is 3.46. The van der Waals surface area contributed by atoms with E-state index in [4.69, 9.17) is 5.73 Å². The van der Waals surface area contributed by atoms with Crippen molar-refractivity contribution < 1.29 is 4.79 Å². The molecule has 0 saturated carbocycles. The minimum absolute atomic E-state index is 0.00894. The van der Waals surface area contributed by atoms with Gasteiger partial charge in [0.25, 0.3) is 0 Å². The SMILES string of the molecule is CCN(CCCN)C(C)C(=O)N1CCCC1. The molecule has 1 heterocycles. The molecule has 2 N–H and O–H groups in total. The van der Waals surface area contributed by atoms with E-state index in [2.05, 4.69) is 11.8 Å². The van der Waals surface area contributed by atoms with E-state index < -0.39 is 0 Å². The highest BCUT2D eigenvalue weighted by molar-refractivity contribution is 5.81. The molecule has 0 radical (unpaired) electrons. The number of carbonyl (C=O) groups excluding carboxylic acids is 1. The molecule has 1 amide bonds. The molecule has 0 spiro atoms. The van der Waals surface area contributed by atoms with Crippen LogP contribution in [0.25, 0.3) is 0 Å². The van der Waals surface area contributed by atoms with Crippen LogP contribution in [0.15, 0.2) is 0 Å². The summed E-state index contributed by atoms with van der Waals surface area (Å²) in [7, 11) is 0. The molecule has 0 aliphatic carbocycles. The second-order valence-corrected chi connectivity index (χ2v) is 4.48. The lowest BCUT2D eigenvalue weighted by atomic mass is 10.2. The summed E-state index contributed by atoms with van der Waals surface area (Å²) in [6.07, 6.45) is 3.28. The molecule has 1 rings (SSSR count). The summed E-state index contributed by atoms with van der Waals surface area (Å²) < 4.78 is 0. The third-order valence-corrected chi connectivity index (χ3v) is 3.38. The largest absolute Gasteiger partial charge is 0.341 e. The van der Waals surface area contributed by atoms with Gasteiger partial charge in [-0.3, -0.25) is 9.69 Å². The molecule has 94 valence electrons. The fourth-order valence-corrected chi connectivity index (χ4v) is 2.28. The quantitative estimate of drug-likeness (QED) is 0.725. The molecule has 1 fully saturated rings. The van der Waals surface area contributed by atoms with Crippen molar-refractivity contribution in [2.45, 2.75) is 39.2 Å². The Hall–Kier alpha value is -0.610. The average molecular weight is 227 g/mol. The zero-order valence-electron chi connectivity index (χ0n) is 10.6. The van der Waals surface area contributed by atoms with E-state index in [0.29, 0.717) is 6.54 Å². The third-order valence-electron chi connectivity index (χ3n) is 3.38. The molecule has 0 bridgehead atoms. The number of carbonyl (C=O) groups is 1. The van der Waals surface area contributed by atoms with Crippen molar-refractivity contribution in [3.63, 3.8) is 0 Å². The second kappa shape index (κ2) is 6.86. The summed E-state index contributed by atoms with van der Waals surface area (Å²) in [4.78, 5) is 16.4. The number of likely N-dealkylation sites (tertiary alicyclic amines) is 1. The van der Waals surface area contributed by atoms with Crippen LogP contribution >= 0.6 is 0 Å². The van der Waals surface area contributed by atoms with Gasteiger partial charge in [0.2, 0.25) is 5.91 Å². The van der Waals surface area contributed by atoms with E-state index in [9.17, 15) is 4.79 Å². The Morgan fingerprint density at radius 2 is 2.06 bits per heavy atom. The topological polar surface area (TPSA) is 49.6 Å². The van der Waals surface area contributed by atoms with E-state index in [1.165, 1.54) is 0 Å². The molecule has 1 saturated heterocycles. The van der Waals surface area contributed by atoms with E-state index in [0.717, 1.165) is 45.4 Å². The molecule has 1 atom stereocenters. The van der Waals surface area contributed by atoms with Gasteiger partial charge < -0.3 is 10.6 Å². The molecule has 16 heavy (non-hydrogen) atoms.